The van der Waals surface area contributed by atoms with Gasteiger partial charge in [0.05, 0.1) is 0 Å². The van der Waals surface area contributed by atoms with E-state index < -0.39 is 0 Å². The minimum Gasteiger partial charge on any atom is -0.489 e. The fourth-order valence-electron chi connectivity index (χ4n) is 3.29. The highest BCUT2D eigenvalue weighted by Crippen LogP contribution is 2.38. The van der Waals surface area contributed by atoms with Crippen molar-refractivity contribution in [3.05, 3.63) is 59.7 Å². The topological polar surface area (TPSA) is 38.3 Å². The number of carbonyl (C=O) groups is 1. The Kier molecular flexibility index (Phi) is 4.89. The zero-order valence-electron chi connectivity index (χ0n) is 14.5. The van der Waals surface area contributed by atoms with Crippen LogP contribution in [0.15, 0.2) is 48.5 Å². The van der Waals surface area contributed by atoms with E-state index in [9.17, 15) is 4.79 Å². The van der Waals surface area contributed by atoms with Gasteiger partial charge in [-0.2, -0.15) is 0 Å². The third-order valence-electron chi connectivity index (χ3n) is 4.93. The molecule has 0 aliphatic heterocycles. The SMILES string of the molecule is Cc1cc(NC(=O)C2(C)CCCC2)ccc1OCc1ccccc1. The molecule has 1 aliphatic rings. The zero-order valence-corrected chi connectivity index (χ0v) is 14.5. The zero-order chi connectivity index (χ0) is 17.0. The molecule has 0 aromatic heterocycles. The van der Waals surface area contributed by atoms with Gasteiger partial charge >= 0.3 is 0 Å². The van der Waals surface area contributed by atoms with Gasteiger partial charge in [0, 0.05) is 11.1 Å². The molecule has 2 aromatic carbocycles. The van der Waals surface area contributed by atoms with Gasteiger partial charge in [-0.3, -0.25) is 4.79 Å². The standard InChI is InChI=1S/C21H25NO2/c1-16-14-18(22-20(23)21(2)12-6-7-13-21)10-11-19(16)24-15-17-8-4-3-5-9-17/h3-5,8-11,14H,6-7,12-13,15H2,1-2H3,(H,22,23). The Labute approximate surface area is 144 Å². The molecule has 0 spiro atoms. The monoisotopic (exact) mass is 323 g/mol. The van der Waals surface area contributed by atoms with Crippen LogP contribution in [0.3, 0.4) is 0 Å². The lowest BCUT2D eigenvalue weighted by molar-refractivity contribution is -0.124. The normalized spacial score (nSPS) is 15.9. The highest BCUT2D eigenvalue weighted by atomic mass is 16.5. The van der Waals surface area contributed by atoms with Gasteiger partial charge in [-0.1, -0.05) is 50.1 Å². The van der Waals surface area contributed by atoms with Crippen LogP contribution >= 0.6 is 0 Å². The number of hydrogen-bond acceptors (Lipinski definition) is 2. The van der Waals surface area contributed by atoms with E-state index in [4.69, 9.17) is 4.74 Å². The van der Waals surface area contributed by atoms with Crippen LogP contribution in [0.1, 0.15) is 43.7 Å². The summed E-state index contributed by atoms with van der Waals surface area (Å²) in [5, 5.41) is 3.07. The van der Waals surface area contributed by atoms with Crippen LogP contribution in [0.5, 0.6) is 5.75 Å². The van der Waals surface area contributed by atoms with Crippen molar-refractivity contribution in [2.45, 2.75) is 46.1 Å². The maximum Gasteiger partial charge on any atom is 0.230 e. The Bertz CT molecular complexity index is 703. The number of hydrogen-bond donors (Lipinski definition) is 1. The number of aryl methyl sites for hydroxylation is 1. The number of ether oxygens (including phenoxy) is 1. The van der Waals surface area contributed by atoms with Crippen molar-refractivity contribution in [1.29, 1.82) is 0 Å². The van der Waals surface area contributed by atoms with Crippen LogP contribution in [-0.4, -0.2) is 5.91 Å². The van der Waals surface area contributed by atoms with Crippen molar-refractivity contribution >= 4 is 11.6 Å². The van der Waals surface area contributed by atoms with E-state index >= 15 is 0 Å². The molecule has 1 aliphatic carbocycles. The van der Waals surface area contributed by atoms with E-state index in [0.29, 0.717) is 6.61 Å². The number of benzene rings is 2. The molecule has 0 radical (unpaired) electrons. The summed E-state index contributed by atoms with van der Waals surface area (Å²) in [5.74, 6) is 0.987. The largest absolute Gasteiger partial charge is 0.489 e. The van der Waals surface area contributed by atoms with E-state index in [1.54, 1.807) is 0 Å². The lowest BCUT2D eigenvalue weighted by Crippen LogP contribution is -2.30. The van der Waals surface area contributed by atoms with Crippen LogP contribution < -0.4 is 10.1 Å². The molecule has 126 valence electrons. The summed E-state index contributed by atoms with van der Waals surface area (Å²) < 4.78 is 5.89. The Morgan fingerprint density at radius 3 is 2.50 bits per heavy atom. The minimum atomic E-state index is -0.212. The second-order valence-corrected chi connectivity index (χ2v) is 6.98. The number of carbonyl (C=O) groups excluding carboxylic acids is 1. The van der Waals surface area contributed by atoms with Crippen molar-refractivity contribution in [1.82, 2.24) is 0 Å². The molecular weight excluding hydrogens is 298 g/mol. The van der Waals surface area contributed by atoms with Gasteiger partial charge < -0.3 is 10.1 Å². The number of amides is 1. The fraction of sp³-hybridized carbons (Fsp3) is 0.381. The molecule has 1 saturated carbocycles. The molecule has 3 nitrogen and oxygen atoms in total. The van der Waals surface area contributed by atoms with Crippen LogP contribution in [0, 0.1) is 12.3 Å². The quantitative estimate of drug-likeness (QED) is 0.832. The molecule has 3 heteroatoms. The Hall–Kier alpha value is -2.29. The molecule has 24 heavy (non-hydrogen) atoms. The van der Waals surface area contributed by atoms with Crippen LogP contribution in [0.25, 0.3) is 0 Å². The lowest BCUT2D eigenvalue weighted by Gasteiger charge is -2.22. The van der Waals surface area contributed by atoms with Crippen LogP contribution in [-0.2, 0) is 11.4 Å². The van der Waals surface area contributed by atoms with Gasteiger partial charge in [-0.15, -0.1) is 0 Å². The van der Waals surface area contributed by atoms with Crippen LogP contribution in [0.4, 0.5) is 5.69 Å². The second-order valence-electron chi connectivity index (χ2n) is 6.98. The van der Waals surface area contributed by atoms with E-state index in [2.05, 4.69) is 12.2 Å². The van der Waals surface area contributed by atoms with E-state index in [0.717, 1.165) is 48.2 Å². The molecule has 1 amide bonds. The first-order valence-electron chi connectivity index (χ1n) is 8.66. The van der Waals surface area contributed by atoms with Gasteiger partial charge in [0.2, 0.25) is 5.91 Å². The highest BCUT2D eigenvalue weighted by molar-refractivity contribution is 5.95. The molecule has 1 fully saturated rings. The molecule has 0 saturated heterocycles. The first-order valence-corrected chi connectivity index (χ1v) is 8.66. The average molecular weight is 323 g/mol. The van der Waals surface area contributed by atoms with Gasteiger partial charge in [-0.25, -0.2) is 0 Å². The van der Waals surface area contributed by atoms with Gasteiger partial charge in [0.1, 0.15) is 12.4 Å². The first-order chi connectivity index (χ1) is 11.6. The molecule has 2 aromatic rings. The fourth-order valence-corrected chi connectivity index (χ4v) is 3.29. The Balaban J connectivity index is 1.63. The third-order valence-corrected chi connectivity index (χ3v) is 4.93. The van der Waals surface area contributed by atoms with E-state index in [-0.39, 0.29) is 11.3 Å². The highest BCUT2D eigenvalue weighted by Gasteiger charge is 2.36. The predicted molar refractivity (Wildman–Crippen MR) is 97.2 cm³/mol. The van der Waals surface area contributed by atoms with Crippen LogP contribution in [0.2, 0.25) is 0 Å². The molecule has 0 bridgehead atoms. The number of rotatable bonds is 5. The number of anilines is 1. The maximum atomic E-state index is 12.5. The molecule has 3 rings (SSSR count). The lowest BCUT2D eigenvalue weighted by atomic mass is 9.88. The molecule has 0 unspecified atom stereocenters. The predicted octanol–water partition coefficient (Wildman–Crippen LogP) is 5.09. The van der Waals surface area contributed by atoms with Gasteiger partial charge in [0.25, 0.3) is 0 Å². The van der Waals surface area contributed by atoms with E-state index in [1.807, 2.05) is 55.5 Å². The van der Waals surface area contributed by atoms with Crippen molar-refractivity contribution in [2.75, 3.05) is 5.32 Å². The summed E-state index contributed by atoms with van der Waals surface area (Å²) in [6.45, 7) is 4.62. The number of nitrogens with one attached hydrogen (secondary N) is 1. The van der Waals surface area contributed by atoms with Crippen molar-refractivity contribution in [3.8, 4) is 5.75 Å². The molecule has 0 atom stereocenters. The second kappa shape index (κ2) is 7.08. The summed E-state index contributed by atoms with van der Waals surface area (Å²) >= 11 is 0. The molecule has 1 N–H and O–H groups in total. The average Bonchev–Trinajstić information content (AvgIpc) is 3.03. The summed E-state index contributed by atoms with van der Waals surface area (Å²) in [6, 6.07) is 15.9. The first kappa shape index (κ1) is 16.6. The summed E-state index contributed by atoms with van der Waals surface area (Å²) in [5.41, 5.74) is 2.80. The maximum absolute atomic E-state index is 12.5. The third kappa shape index (κ3) is 3.78. The van der Waals surface area contributed by atoms with Crippen molar-refractivity contribution in [2.24, 2.45) is 5.41 Å². The minimum absolute atomic E-state index is 0.136. The molecule has 0 heterocycles. The summed E-state index contributed by atoms with van der Waals surface area (Å²) in [4.78, 5) is 12.5. The Morgan fingerprint density at radius 1 is 1.12 bits per heavy atom. The van der Waals surface area contributed by atoms with Gasteiger partial charge in [-0.05, 0) is 49.1 Å². The van der Waals surface area contributed by atoms with E-state index in [1.165, 1.54) is 0 Å². The molecular formula is C21H25NO2. The van der Waals surface area contributed by atoms with Crippen molar-refractivity contribution in [3.63, 3.8) is 0 Å². The van der Waals surface area contributed by atoms with Gasteiger partial charge in [0.15, 0.2) is 0 Å². The summed E-state index contributed by atoms with van der Waals surface area (Å²) in [6.07, 6.45) is 4.26. The smallest absolute Gasteiger partial charge is 0.230 e. The summed E-state index contributed by atoms with van der Waals surface area (Å²) in [7, 11) is 0. The Morgan fingerprint density at radius 2 is 1.83 bits per heavy atom. The van der Waals surface area contributed by atoms with Crippen molar-refractivity contribution < 1.29 is 9.53 Å².